The van der Waals surface area contributed by atoms with Crippen LogP contribution in [0.2, 0.25) is 5.02 Å². The molecule has 30 heavy (non-hydrogen) atoms. The molecule has 0 bridgehead atoms. The highest BCUT2D eigenvalue weighted by molar-refractivity contribution is 6.32. The Morgan fingerprint density at radius 1 is 1.20 bits per heavy atom. The van der Waals surface area contributed by atoms with Gasteiger partial charge in [-0.25, -0.2) is 8.78 Å². The van der Waals surface area contributed by atoms with E-state index in [1.165, 1.54) is 12.1 Å². The fourth-order valence-corrected chi connectivity index (χ4v) is 4.69. The summed E-state index contributed by atoms with van der Waals surface area (Å²) < 4.78 is 33.1. The summed E-state index contributed by atoms with van der Waals surface area (Å²) in [5.74, 6) is 0.188. The number of halogens is 3. The lowest BCUT2D eigenvalue weighted by molar-refractivity contribution is 0.0991. The van der Waals surface area contributed by atoms with E-state index in [1.807, 2.05) is 0 Å². The zero-order chi connectivity index (χ0) is 21.3. The number of hydrogen-bond acceptors (Lipinski definition) is 3. The molecular formula is C23H23ClF2N2O2. The Balaban J connectivity index is 1.55. The van der Waals surface area contributed by atoms with Crippen LogP contribution in [0.4, 0.5) is 8.78 Å². The first-order valence-electron chi connectivity index (χ1n) is 9.98. The number of nitrogens with one attached hydrogen (secondary N) is 1. The quantitative estimate of drug-likeness (QED) is 0.604. The molecule has 158 valence electrons. The van der Waals surface area contributed by atoms with Crippen LogP contribution in [0.25, 0.3) is 10.8 Å². The van der Waals surface area contributed by atoms with E-state index in [0.29, 0.717) is 41.8 Å². The standard InChI is InChI=1S/C23H23ClF2N2O2/c24-19-12-18-14(7-10-28-22(18)29)11-20(19)30-17-5-8-23(9-6-17,21(27)13-25)15-1-3-16(26)4-2-15/h1-4,7,10-12,17,21H,5-6,8-9,13,27H2,(H,28,29)/t17?,21-,23?/m1/s1. The van der Waals surface area contributed by atoms with Crippen LogP contribution >= 0.6 is 11.6 Å². The lowest BCUT2D eigenvalue weighted by atomic mass is 9.64. The van der Waals surface area contributed by atoms with Gasteiger partial charge in [-0.1, -0.05) is 23.7 Å². The molecule has 0 aliphatic heterocycles. The number of aromatic nitrogens is 1. The molecule has 3 aromatic rings. The van der Waals surface area contributed by atoms with E-state index in [2.05, 4.69) is 4.98 Å². The molecule has 1 fully saturated rings. The van der Waals surface area contributed by atoms with Crippen molar-refractivity contribution in [3.8, 4) is 5.75 Å². The second kappa shape index (κ2) is 8.36. The molecule has 7 heteroatoms. The Morgan fingerprint density at radius 3 is 2.57 bits per heavy atom. The molecule has 1 aliphatic rings. The van der Waals surface area contributed by atoms with Crippen molar-refractivity contribution in [2.24, 2.45) is 5.73 Å². The molecule has 0 saturated heterocycles. The summed E-state index contributed by atoms with van der Waals surface area (Å²) in [6.07, 6.45) is 4.04. The van der Waals surface area contributed by atoms with E-state index in [0.717, 1.165) is 10.9 Å². The van der Waals surface area contributed by atoms with E-state index in [4.69, 9.17) is 22.1 Å². The Morgan fingerprint density at radius 2 is 1.90 bits per heavy atom. The van der Waals surface area contributed by atoms with Gasteiger partial charge in [0.2, 0.25) is 0 Å². The molecule has 0 amide bonds. The van der Waals surface area contributed by atoms with Crippen molar-refractivity contribution in [2.45, 2.75) is 43.2 Å². The topological polar surface area (TPSA) is 68.1 Å². The van der Waals surface area contributed by atoms with Crippen molar-refractivity contribution in [1.29, 1.82) is 0 Å². The minimum atomic E-state index is -0.667. The molecule has 1 atom stereocenters. The van der Waals surface area contributed by atoms with Gasteiger partial charge in [-0.3, -0.25) is 4.79 Å². The number of benzene rings is 2. The SMILES string of the molecule is N[C@H](CF)C1(c2ccc(F)cc2)CCC(Oc2cc3cc[nH]c(=O)c3cc2Cl)CC1. The summed E-state index contributed by atoms with van der Waals surface area (Å²) in [6.45, 7) is -0.645. The monoisotopic (exact) mass is 432 g/mol. The molecule has 1 aliphatic carbocycles. The number of hydrogen-bond donors (Lipinski definition) is 2. The normalized spacial score (nSPS) is 22.7. The zero-order valence-electron chi connectivity index (χ0n) is 16.3. The third-order valence-corrected chi connectivity index (χ3v) is 6.54. The average molecular weight is 433 g/mol. The zero-order valence-corrected chi connectivity index (χ0v) is 17.1. The summed E-state index contributed by atoms with van der Waals surface area (Å²) in [6, 6.07) is 10.7. The maximum atomic E-state index is 13.6. The van der Waals surface area contributed by atoms with Crippen LogP contribution in [-0.2, 0) is 5.41 Å². The van der Waals surface area contributed by atoms with Crippen LogP contribution in [0, 0.1) is 5.82 Å². The van der Waals surface area contributed by atoms with Crippen LogP contribution in [0.1, 0.15) is 31.2 Å². The number of pyridine rings is 1. The summed E-state index contributed by atoms with van der Waals surface area (Å²) in [7, 11) is 0. The van der Waals surface area contributed by atoms with E-state index >= 15 is 0 Å². The van der Waals surface area contributed by atoms with Crippen LogP contribution in [0.5, 0.6) is 5.75 Å². The Hall–Kier alpha value is -2.44. The third kappa shape index (κ3) is 3.82. The summed E-state index contributed by atoms with van der Waals surface area (Å²) in [4.78, 5) is 14.6. The Kier molecular flexibility index (Phi) is 5.80. The molecule has 1 heterocycles. The smallest absolute Gasteiger partial charge is 0.255 e. The van der Waals surface area contributed by atoms with Crippen LogP contribution in [-0.4, -0.2) is 23.8 Å². The van der Waals surface area contributed by atoms with Crippen molar-refractivity contribution in [3.05, 3.63) is 75.4 Å². The molecule has 1 aromatic heterocycles. The number of ether oxygens (including phenoxy) is 1. The van der Waals surface area contributed by atoms with Gasteiger partial charge in [0.05, 0.1) is 11.1 Å². The maximum Gasteiger partial charge on any atom is 0.255 e. The summed E-state index contributed by atoms with van der Waals surface area (Å²) >= 11 is 6.35. The minimum Gasteiger partial charge on any atom is -0.489 e. The third-order valence-electron chi connectivity index (χ3n) is 6.24. The first-order valence-corrected chi connectivity index (χ1v) is 10.4. The van der Waals surface area contributed by atoms with E-state index in [1.54, 1.807) is 36.5 Å². The van der Waals surface area contributed by atoms with E-state index in [-0.39, 0.29) is 17.5 Å². The molecule has 1 saturated carbocycles. The summed E-state index contributed by atoms with van der Waals surface area (Å²) in [5, 5.41) is 1.62. The first-order chi connectivity index (χ1) is 14.4. The lowest BCUT2D eigenvalue weighted by Gasteiger charge is -2.44. The molecule has 2 aromatic carbocycles. The van der Waals surface area contributed by atoms with E-state index in [9.17, 15) is 13.6 Å². The lowest BCUT2D eigenvalue weighted by Crippen LogP contribution is -2.50. The van der Waals surface area contributed by atoms with Crippen LogP contribution < -0.4 is 16.0 Å². The van der Waals surface area contributed by atoms with Crippen molar-refractivity contribution < 1.29 is 13.5 Å². The average Bonchev–Trinajstić information content (AvgIpc) is 2.76. The van der Waals surface area contributed by atoms with Crippen LogP contribution in [0.3, 0.4) is 0 Å². The first kappa shape index (κ1) is 20.8. The largest absolute Gasteiger partial charge is 0.489 e. The second-order valence-electron chi connectivity index (χ2n) is 7.92. The molecule has 3 N–H and O–H groups in total. The molecule has 0 radical (unpaired) electrons. The van der Waals surface area contributed by atoms with Crippen molar-refractivity contribution in [2.75, 3.05) is 6.67 Å². The fourth-order valence-electron chi connectivity index (χ4n) is 4.49. The van der Waals surface area contributed by atoms with E-state index < -0.39 is 18.1 Å². The number of H-pyrrole nitrogens is 1. The van der Waals surface area contributed by atoms with Gasteiger partial charge in [0, 0.05) is 23.0 Å². The molecule has 4 nitrogen and oxygen atoms in total. The van der Waals surface area contributed by atoms with Gasteiger partial charge in [-0.2, -0.15) is 0 Å². The number of alkyl halides is 1. The van der Waals surface area contributed by atoms with Gasteiger partial charge < -0.3 is 15.5 Å². The highest BCUT2D eigenvalue weighted by atomic mass is 35.5. The van der Waals surface area contributed by atoms with Crippen molar-refractivity contribution >= 4 is 22.4 Å². The predicted octanol–water partition coefficient (Wildman–Crippen LogP) is 4.88. The predicted molar refractivity (Wildman–Crippen MR) is 114 cm³/mol. The van der Waals surface area contributed by atoms with Gasteiger partial charge in [0.25, 0.3) is 5.56 Å². The molecule has 4 rings (SSSR count). The highest BCUT2D eigenvalue weighted by Crippen LogP contribution is 2.43. The van der Waals surface area contributed by atoms with Gasteiger partial charge in [0.15, 0.2) is 0 Å². The van der Waals surface area contributed by atoms with Crippen LogP contribution in [0.15, 0.2) is 53.5 Å². The minimum absolute atomic E-state index is 0.109. The van der Waals surface area contributed by atoms with Gasteiger partial charge in [-0.15, -0.1) is 0 Å². The second-order valence-corrected chi connectivity index (χ2v) is 8.32. The van der Waals surface area contributed by atoms with Gasteiger partial charge in [-0.05, 0) is 67.0 Å². The number of aromatic amines is 1. The fraction of sp³-hybridized carbons (Fsp3) is 0.348. The Bertz CT molecular complexity index is 1090. The van der Waals surface area contributed by atoms with Crippen molar-refractivity contribution in [1.82, 2.24) is 4.98 Å². The summed E-state index contributed by atoms with van der Waals surface area (Å²) in [5.41, 5.74) is 6.29. The molecule has 0 unspecified atom stereocenters. The molecular weight excluding hydrogens is 410 g/mol. The maximum absolute atomic E-state index is 13.6. The van der Waals surface area contributed by atoms with Crippen molar-refractivity contribution in [3.63, 3.8) is 0 Å². The number of nitrogens with two attached hydrogens (primary N) is 1. The van der Waals surface area contributed by atoms with Gasteiger partial charge in [0.1, 0.15) is 18.2 Å². The highest BCUT2D eigenvalue weighted by Gasteiger charge is 2.42. The number of rotatable bonds is 5. The Labute approximate surface area is 178 Å². The van der Waals surface area contributed by atoms with Gasteiger partial charge >= 0.3 is 0 Å². The number of fused-ring (bicyclic) bond motifs is 1. The molecule has 0 spiro atoms.